The van der Waals surface area contributed by atoms with Gasteiger partial charge in [-0.1, -0.05) is 17.7 Å². The van der Waals surface area contributed by atoms with Crippen molar-refractivity contribution in [2.24, 2.45) is 4.99 Å². The van der Waals surface area contributed by atoms with E-state index in [1.807, 2.05) is 31.2 Å². The number of amidine groups is 1. The van der Waals surface area contributed by atoms with Gasteiger partial charge in [0.2, 0.25) is 0 Å². The van der Waals surface area contributed by atoms with E-state index >= 15 is 0 Å². The Morgan fingerprint density at radius 2 is 1.85 bits per heavy atom. The molecule has 1 amide bonds. The van der Waals surface area contributed by atoms with Crippen LogP contribution in [0.4, 0.5) is 5.69 Å². The molecule has 7 heteroatoms. The average molecular weight is 389 g/mol. The quantitative estimate of drug-likeness (QED) is 0.780. The van der Waals surface area contributed by atoms with Crippen molar-refractivity contribution < 1.29 is 14.3 Å². The number of benzene rings is 2. The Balaban J connectivity index is 1.87. The number of halogens is 1. The van der Waals surface area contributed by atoms with E-state index in [2.05, 4.69) is 10.3 Å². The molecule has 134 valence electrons. The van der Waals surface area contributed by atoms with E-state index in [1.165, 1.54) is 11.8 Å². The molecule has 0 bridgehead atoms. The first-order chi connectivity index (χ1) is 12.5. The zero-order chi connectivity index (χ0) is 18.7. The molecule has 0 saturated carbocycles. The zero-order valence-electron chi connectivity index (χ0n) is 14.5. The fourth-order valence-corrected chi connectivity index (χ4v) is 3.48. The number of aryl methyl sites for hydroxylation is 1. The predicted octanol–water partition coefficient (Wildman–Crippen LogP) is 4.56. The molecule has 5 nitrogen and oxygen atoms in total. The minimum atomic E-state index is -0.191. The van der Waals surface area contributed by atoms with Crippen molar-refractivity contribution in [3.63, 3.8) is 0 Å². The molecule has 1 aliphatic heterocycles. The number of carbonyl (C=O) groups is 1. The molecule has 1 fully saturated rings. The van der Waals surface area contributed by atoms with Gasteiger partial charge in [-0.2, -0.15) is 0 Å². The van der Waals surface area contributed by atoms with Gasteiger partial charge in [-0.25, -0.2) is 4.99 Å². The molecule has 0 atom stereocenters. The number of nitrogens with zero attached hydrogens (tertiary/aromatic N) is 1. The number of hydrogen-bond acceptors (Lipinski definition) is 5. The van der Waals surface area contributed by atoms with Crippen LogP contribution in [0.2, 0.25) is 5.02 Å². The van der Waals surface area contributed by atoms with Crippen molar-refractivity contribution in [2.75, 3.05) is 14.2 Å². The Labute approximate surface area is 161 Å². The largest absolute Gasteiger partial charge is 0.496 e. The van der Waals surface area contributed by atoms with Gasteiger partial charge in [-0.15, -0.1) is 0 Å². The Hall–Kier alpha value is -2.44. The summed E-state index contributed by atoms with van der Waals surface area (Å²) < 4.78 is 10.5. The normalized spacial score (nSPS) is 16.8. The van der Waals surface area contributed by atoms with E-state index in [-0.39, 0.29) is 5.91 Å². The van der Waals surface area contributed by atoms with Gasteiger partial charge in [0, 0.05) is 5.02 Å². The third-order valence-electron chi connectivity index (χ3n) is 3.73. The molecule has 3 rings (SSSR count). The third kappa shape index (κ3) is 4.03. The van der Waals surface area contributed by atoms with Crippen molar-refractivity contribution >= 4 is 46.2 Å². The maximum absolute atomic E-state index is 12.2. The second-order valence-corrected chi connectivity index (χ2v) is 6.99. The van der Waals surface area contributed by atoms with Crippen molar-refractivity contribution in [1.29, 1.82) is 0 Å². The standard InChI is InChI=1S/C19H17ClN2O3S/c1-11-8-12(4-6-15(11)24-2)9-17-18(23)22-19(26-17)21-14-10-13(20)5-7-16(14)25-3/h4-10H,1-3H3,(H,21,22,23)/b17-9-. The van der Waals surface area contributed by atoms with Crippen LogP contribution >= 0.6 is 23.4 Å². The summed E-state index contributed by atoms with van der Waals surface area (Å²) in [6.45, 7) is 1.96. The molecule has 1 N–H and O–H groups in total. The summed E-state index contributed by atoms with van der Waals surface area (Å²) in [5.74, 6) is 1.20. The monoisotopic (exact) mass is 388 g/mol. The summed E-state index contributed by atoms with van der Waals surface area (Å²) in [4.78, 5) is 17.3. The van der Waals surface area contributed by atoms with Crippen LogP contribution in [-0.4, -0.2) is 25.3 Å². The number of hydrogen-bond donors (Lipinski definition) is 1. The van der Waals surface area contributed by atoms with E-state index in [0.717, 1.165) is 16.9 Å². The van der Waals surface area contributed by atoms with Crippen LogP contribution in [0.1, 0.15) is 11.1 Å². The third-order valence-corrected chi connectivity index (χ3v) is 4.88. The van der Waals surface area contributed by atoms with E-state index in [1.54, 1.807) is 32.4 Å². The zero-order valence-corrected chi connectivity index (χ0v) is 16.1. The van der Waals surface area contributed by atoms with Crippen molar-refractivity contribution in [3.05, 3.63) is 57.5 Å². The number of thioether (sulfide) groups is 1. The first kappa shape index (κ1) is 18.4. The first-order valence-electron chi connectivity index (χ1n) is 7.78. The van der Waals surface area contributed by atoms with Gasteiger partial charge in [0.25, 0.3) is 5.91 Å². The number of amides is 1. The summed E-state index contributed by atoms with van der Waals surface area (Å²) in [5.41, 5.74) is 2.48. The molecular formula is C19H17ClN2O3S. The molecule has 0 spiro atoms. The Kier molecular flexibility index (Phi) is 5.54. The highest BCUT2D eigenvalue weighted by molar-refractivity contribution is 8.18. The summed E-state index contributed by atoms with van der Waals surface area (Å²) in [6.07, 6.45) is 1.82. The second-order valence-electron chi connectivity index (χ2n) is 5.53. The number of rotatable bonds is 4. The summed E-state index contributed by atoms with van der Waals surface area (Å²) in [5, 5.41) is 3.79. The fraction of sp³-hybridized carbons (Fsp3) is 0.158. The Bertz CT molecular complexity index is 925. The number of methoxy groups -OCH3 is 2. The molecule has 2 aromatic carbocycles. The molecule has 1 aliphatic rings. The molecule has 2 aromatic rings. The van der Waals surface area contributed by atoms with Gasteiger partial charge in [0.05, 0.1) is 19.1 Å². The number of ether oxygens (including phenoxy) is 2. The lowest BCUT2D eigenvalue weighted by Crippen LogP contribution is -2.19. The van der Waals surface area contributed by atoms with Crippen LogP contribution in [0.5, 0.6) is 11.5 Å². The summed E-state index contributed by atoms with van der Waals surface area (Å²) in [7, 11) is 3.19. The number of carbonyl (C=O) groups excluding carboxylic acids is 1. The van der Waals surface area contributed by atoms with Crippen LogP contribution in [0.25, 0.3) is 6.08 Å². The van der Waals surface area contributed by atoms with E-state index < -0.39 is 0 Å². The molecule has 1 saturated heterocycles. The molecule has 0 radical (unpaired) electrons. The van der Waals surface area contributed by atoms with Crippen LogP contribution in [0.15, 0.2) is 46.3 Å². The predicted molar refractivity (Wildman–Crippen MR) is 107 cm³/mol. The Morgan fingerprint density at radius 1 is 1.12 bits per heavy atom. The number of nitrogens with one attached hydrogen (secondary N) is 1. The number of aliphatic imine (C=N–C) groups is 1. The lowest BCUT2D eigenvalue weighted by Gasteiger charge is -2.05. The molecule has 1 heterocycles. The lowest BCUT2D eigenvalue weighted by molar-refractivity contribution is -0.115. The van der Waals surface area contributed by atoms with Gasteiger partial charge in [-0.05, 0) is 66.2 Å². The lowest BCUT2D eigenvalue weighted by atomic mass is 10.1. The Morgan fingerprint density at radius 3 is 2.54 bits per heavy atom. The highest BCUT2D eigenvalue weighted by Gasteiger charge is 2.24. The van der Waals surface area contributed by atoms with Crippen LogP contribution in [-0.2, 0) is 4.79 Å². The van der Waals surface area contributed by atoms with Crippen molar-refractivity contribution in [3.8, 4) is 11.5 Å². The second kappa shape index (κ2) is 7.85. The summed E-state index contributed by atoms with van der Waals surface area (Å²) in [6, 6.07) is 10.9. The topological polar surface area (TPSA) is 59.9 Å². The minimum Gasteiger partial charge on any atom is -0.496 e. The molecule has 0 unspecified atom stereocenters. The highest BCUT2D eigenvalue weighted by Crippen LogP contribution is 2.34. The van der Waals surface area contributed by atoms with Gasteiger partial charge < -0.3 is 14.8 Å². The maximum atomic E-state index is 12.2. The molecule has 0 aliphatic carbocycles. The first-order valence-corrected chi connectivity index (χ1v) is 8.97. The van der Waals surface area contributed by atoms with Crippen LogP contribution in [0.3, 0.4) is 0 Å². The van der Waals surface area contributed by atoms with Gasteiger partial charge in [-0.3, -0.25) is 4.79 Å². The van der Waals surface area contributed by atoms with E-state index in [4.69, 9.17) is 21.1 Å². The van der Waals surface area contributed by atoms with Gasteiger partial charge in [0.1, 0.15) is 17.2 Å². The van der Waals surface area contributed by atoms with Gasteiger partial charge in [0.15, 0.2) is 5.17 Å². The minimum absolute atomic E-state index is 0.191. The van der Waals surface area contributed by atoms with Crippen molar-refractivity contribution in [2.45, 2.75) is 6.92 Å². The highest BCUT2D eigenvalue weighted by atomic mass is 35.5. The van der Waals surface area contributed by atoms with Crippen LogP contribution in [0, 0.1) is 6.92 Å². The van der Waals surface area contributed by atoms with Crippen molar-refractivity contribution in [1.82, 2.24) is 5.32 Å². The molecule has 0 aromatic heterocycles. The molecule has 26 heavy (non-hydrogen) atoms. The molecular weight excluding hydrogens is 372 g/mol. The smallest absolute Gasteiger partial charge is 0.264 e. The fourth-order valence-electron chi connectivity index (χ4n) is 2.48. The maximum Gasteiger partial charge on any atom is 0.264 e. The van der Waals surface area contributed by atoms with Gasteiger partial charge >= 0.3 is 0 Å². The SMILES string of the molecule is COc1ccc(/C=C2\SC(=Nc3cc(Cl)ccc3OC)NC2=O)cc1C. The average Bonchev–Trinajstić information content (AvgIpc) is 2.94. The summed E-state index contributed by atoms with van der Waals surface area (Å²) >= 11 is 7.29. The van der Waals surface area contributed by atoms with E-state index in [0.29, 0.717) is 26.5 Å². The van der Waals surface area contributed by atoms with Crippen LogP contribution < -0.4 is 14.8 Å². The van der Waals surface area contributed by atoms with E-state index in [9.17, 15) is 4.79 Å².